The molecule has 0 saturated carbocycles. The maximum Gasteiger partial charge on any atom is 0.240 e. The second-order valence-corrected chi connectivity index (χ2v) is 5.94. The molecule has 0 aliphatic carbocycles. The minimum atomic E-state index is -0.631. The van der Waals surface area contributed by atoms with Crippen molar-refractivity contribution in [2.45, 2.75) is 39.0 Å². The molecular weight excluding hydrogens is 276 g/mol. The molecule has 1 heterocycles. The fraction of sp³-hybridized carbons (Fsp3) is 0.556. The van der Waals surface area contributed by atoms with Gasteiger partial charge in [0.25, 0.3) is 0 Å². The molecule has 1 unspecified atom stereocenters. The van der Waals surface area contributed by atoms with Crippen molar-refractivity contribution in [1.82, 2.24) is 4.90 Å². The molecule has 1 aromatic rings. The monoisotopic (exact) mass is 300 g/mol. The highest BCUT2D eigenvalue weighted by atomic mass is 16.5. The number of methoxy groups -OCH3 is 1. The summed E-state index contributed by atoms with van der Waals surface area (Å²) in [6.45, 7) is 3.56. The Morgan fingerprint density at radius 3 is 2.59 bits per heavy atom. The van der Waals surface area contributed by atoms with Crippen LogP contribution < -0.4 is 4.74 Å². The van der Waals surface area contributed by atoms with Gasteiger partial charge in [-0.2, -0.15) is 5.26 Å². The Balaban J connectivity index is 2.13. The van der Waals surface area contributed by atoms with Gasteiger partial charge in [0, 0.05) is 19.5 Å². The average Bonchev–Trinajstić information content (AvgIpc) is 2.81. The van der Waals surface area contributed by atoms with Crippen LogP contribution in [0.4, 0.5) is 0 Å². The minimum Gasteiger partial charge on any atom is -0.496 e. The smallest absolute Gasteiger partial charge is 0.240 e. The highest BCUT2D eigenvalue weighted by Gasteiger charge is 2.26. The average molecular weight is 300 g/mol. The molecule has 1 fully saturated rings. The molecule has 22 heavy (non-hydrogen) atoms. The fourth-order valence-corrected chi connectivity index (χ4v) is 2.99. The standard InChI is InChI=1S/C18H24N2O2/c1-14-7-8-17(22-2)15(11-14)12-16(13-19)18(21)20-9-5-3-4-6-10-20/h7-8,11,16H,3-6,9-10,12H2,1-2H3. The number of carbonyl (C=O) groups excluding carboxylic acids is 1. The Morgan fingerprint density at radius 1 is 1.32 bits per heavy atom. The van der Waals surface area contributed by atoms with E-state index >= 15 is 0 Å². The lowest BCUT2D eigenvalue weighted by molar-refractivity contribution is -0.133. The van der Waals surface area contributed by atoms with Crippen LogP contribution in [0.5, 0.6) is 5.75 Å². The zero-order chi connectivity index (χ0) is 15.9. The van der Waals surface area contributed by atoms with Crippen molar-refractivity contribution in [3.05, 3.63) is 29.3 Å². The van der Waals surface area contributed by atoms with Crippen LogP contribution in [-0.4, -0.2) is 31.0 Å². The van der Waals surface area contributed by atoms with Gasteiger partial charge >= 0.3 is 0 Å². The van der Waals surface area contributed by atoms with E-state index in [-0.39, 0.29) is 5.91 Å². The highest BCUT2D eigenvalue weighted by molar-refractivity contribution is 5.81. The molecule has 0 spiro atoms. The first-order valence-corrected chi connectivity index (χ1v) is 7.97. The lowest BCUT2D eigenvalue weighted by Crippen LogP contribution is -2.37. The van der Waals surface area contributed by atoms with E-state index in [1.165, 1.54) is 12.8 Å². The number of nitriles is 1. The molecule has 1 aromatic carbocycles. The SMILES string of the molecule is COc1ccc(C)cc1CC(C#N)C(=O)N1CCCCCC1. The molecule has 1 saturated heterocycles. The Bertz CT molecular complexity index is 555. The molecule has 1 aliphatic heterocycles. The van der Waals surface area contributed by atoms with Crippen LogP contribution in [0.1, 0.15) is 36.8 Å². The third-order valence-corrected chi connectivity index (χ3v) is 4.23. The van der Waals surface area contributed by atoms with E-state index in [0.717, 1.165) is 42.8 Å². The van der Waals surface area contributed by atoms with E-state index in [9.17, 15) is 10.1 Å². The van der Waals surface area contributed by atoms with Gasteiger partial charge in [-0.05, 0) is 31.4 Å². The lowest BCUT2D eigenvalue weighted by atomic mass is 9.97. The molecule has 0 radical (unpaired) electrons. The van der Waals surface area contributed by atoms with Gasteiger partial charge in [-0.15, -0.1) is 0 Å². The number of hydrogen-bond donors (Lipinski definition) is 0. The molecule has 1 amide bonds. The van der Waals surface area contributed by atoms with Crippen molar-refractivity contribution in [3.8, 4) is 11.8 Å². The summed E-state index contributed by atoms with van der Waals surface area (Å²) >= 11 is 0. The van der Waals surface area contributed by atoms with Crippen LogP contribution in [-0.2, 0) is 11.2 Å². The van der Waals surface area contributed by atoms with Crippen molar-refractivity contribution in [1.29, 1.82) is 5.26 Å². The third kappa shape index (κ3) is 4.00. The van der Waals surface area contributed by atoms with Crippen LogP contribution in [0.15, 0.2) is 18.2 Å². The van der Waals surface area contributed by atoms with Crippen molar-refractivity contribution in [2.24, 2.45) is 5.92 Å². The topological polar surface area (TPSA) is 53.3 Å². The van der Waals surface area contributed by atoms with Gasteiger partial charge in [0.05, 0.1) is 13.2 Å². The molecular formula is C18H24N2O2. The lowest BCUT2D eigenvalue weighted by Gasteiger charge is -2.23. The van der Waals surface area contributed by atoms with Crippen LogP contribution in [0.3, 0.4) is 0 Å². The zero-order valence-electron chi connectivity index (χ0n) is 13.5. The number of benzene rings is 1. The molecule has 2 rings (SSSR count). The summed E-state index contributed by atoms with van der Waals surface area (Å²) in [6, 6.07) is 8.06. The van der Waals surface area contributed by atoms with E-state index in [1.54, 1.807) is 7.11 Å². The summed E-state index contributed by atoms with van der Waals surface area (Å²) in [5.74, 6) is 0.0799. The summed E-state index contributed by atoms with van der Waals surface area (Å²) in [5, 5.41) is 9.45. The number of aryl methyl sites for hydroxylation is 1. The zero-order valence-corrected chi connectivity index (χ0v) is 13.5. The van der Waals surface area contributed by atoms with E-state index in [1.807, 2.05) is 30.0 Å². The van der Waals surface area contributed by atoms with Crippen molar-refractivity contribution in [2.75, 3.05) is 20.2 Å². The first-order chi connectivity index (χ1) is 10.7. The van der Waals surface area contributed by atoms with Crippen molar-refractivity contribution in [3.63, 3.8) is 0 Å². The molecule has 118 valence electrons. The predicted octanol–water partition coefficient (Wildman–Crippen LogP) is 3.09. The van der Waals surface area contributed by atoms with Crippen molar-refractivity contribution >= 4 is 5.91 Å². The minimum absolute atomic E-state index is 0.0343. The molecule has 4 nitrogen and oxygen atoms in total. The van der Waals surface area contributed by atoms with Gasteiger partial charge in [0.15, 0.2) is 0 Å². The fourth-order valence-electron chi connectivity index (χ4n) is 2.99. The number of amides is 1. The highest BCUT2D eigenvalue weighted by Crippen LogP contribution is 2.24. The van der Waals surface area contributed by atoms with Gasteiger partial charge < -0.3 is 9.64 Å². The normalized spacial score (nSPS) is 16.5. The van der Waals surface area contributed by atoms with Gasteiger partial charge in [-0.1, -0.05) is 30.5 Å². The van der Waals surface area contributed by atoms with Crippen LogP contribution in [0.2, 0.25) is 0 Å². The summed E-state index contributed by atoms with van der Waals surface area (Å²) in [5.41, 5.74) is 2.03. The molecule has 0 N–H and O–H groups in total. The predicted molar refractivity (Wildman–Crippen MR) is 85.6 cm³/mol. The number of likely N-dealkylation sites (tertiary alicyclic amines) is 1. The van der Waals surface area contributed by atoms with Crippen molar-refractivity contribution < 1.29 is 9.53 Å². The van der Waals surface area contributed by atoms with E-state index in [0.29, 0.717) is 6.42 Å². The van der Waals surface area contributed by atoms with E-state index in [2.05, 4.69) is 6.07 Å². The Kier molecular flexibility index (Phi) is 5.83. The number of ether oxygens (including phenoxy) is 1. The second kappa shape index (κ2) is 7.84. The summed E-state index contributed by atoms with van der Waals surface area (Å²) in [6.07, 6.45) is 4.84. The van der Waals surface area contributed by atoms with Crippen LogP contribution in [0.25, 0.3) is 0 Å². The van der Waals surface area contributed by atoms with Crippen LogP contribution in [0, 0.1) is 24.2 Å². The third-order valence-electron chi connectivity index (χ3n) is 4.23. The maximum atomic E-state index is 12.6. The first kappa shape index (κ1) is 16.4. The maximum absolute atomic E-state index is 12.6. The number of carbonyl (C=O) groups is 1. The quantitative estimate of drug-likeness (QED) is 0.858. The van der Waals surface area contributed by atoms with E-state index < -0.39 is 5.92 Å². The second-order valence-electron chi connectivity index (χ2n) is 5.94. The number of rotatable bonds is 4. The molecule has 0 aromatic heterocycles. The molecule has 0 bridgehead atoms. The number of nitrogens with zero attached hydrogens (tertiary/aromatic N) is 2. The Hall–Kier alpha value is -2.02. The van der Waals surface area contributed by atoms with Gasteiger partial charge in [0.1, 0.15) is 11.7 Å². The Labute approximate surface area is 132 Å². The first-order valence-electron chi connectivity index (χ1n) is 7.97. The largest absolute Gasteiger partial charge is 0.496 e. The van der Waals surface area contributed by atoms with Gasteiger partial charge in [-0.25, -0.2) is 0 Å². The van der Waals surface area contributed by atoms with Gasteiger partial charge in [-0.3, -0.25) is 4.79 Å². The molecule has 1 atom stereocenters. The summed E-state index contributed by atoms with van der Waals surface area (Å²) < 4.78 is 5.36. The van der Waals surface area contributed by atoms with E-state index in [4.69, 9.17) is 4.74 Å². The van der Waals surface area contributed by atoms with Crippen LogP contribution >= 0.6 is 0 Å². The Morgan fingerprint density at radius 2 is 2.00 bits per heavy atom. The number of hydrogen-bond acceptors (Lipinski definition) is 3. The summed E-state index contributed by atoms with van der Waals surface area (Å²) in [7, 11) is 1.62. The summed E-state index contributed by atoms with van der Waals surface area (Å²) in [4.78, 5) is 14.5. The molecule has 1 aliphatic rings. The molecule has 4 heteroatoms. The van der Waals surface area contributed by atoms with Gasteiger partial charge in [0.2, 0.25) is 5.91 Å².